The molecule has 0 aromatic rings. The molecule has 0 bridgehead atoms. The molecule has 2 nitrogen and oxygen atoms in total. The van der Waals surface area contributed by atoms with E-state index in [1.807, 2.05) is 6.21 Å². The molecule has 0 unspecified atom stereocenters. The van der Waals surface area contributed by atoms with Crippen molar-refractivity contribution in [2.75, 3.05) is 13.2 Å². The van der Waals surface area contributed by atoms with E-state index in [-0.39, 0.29) is 0 Å². The number of nitrogens with zero attached hydrogens (tertiary/aromatic N) is 1. The lowest BCUT2D eigenvalue weighted by Crippen LogP contribution is -2.16. The van der Waals surface area contributed by atoms with Crippen molar-refractivity contribution in [3.63, 3.8) is 0 Å². The zero-order valence-electron chi connectivity index (χ0n) is 5.06. The summed E-state index contributed by atoms with van der Waals surface area (Å²) >= 11 is 0. The minimum Gasteiger partial charge on any atom is -0.298 e. The summed E-state index contributed by atoms with van der Waals surface area (Å²) in [4.78, 5) is 4.09. The minimum absolute atomic E-state index is 0.819. The van der Waals surface area contributed by atoms with Gasteiger partial charge in [-0.2, -0.15) is 0 Å². The highest BCUT2D eigenvalue weighted by molar-refractivity contribution is 5.56. The molecule has 0 atom stereocenters. The first-order valence-electron chi connectivity index (χ1n) is 3.19. The third-order valence-electron chi connectivity index (χ3n) is 1.27. The van der Waals surface area contributed by atoms with E-state index in [4.69, 9.17) is 0 Å². The maximum absolute atomic E-state index is 4.09. The largest absolute Gasteiger partial charge is 0.298 e. The first-order chi connectivity index (χ1) is 4.00. The average molecular weight is 112 g/mol. The number of nitrogens with one attached hydrogen (secondary N) is 1. The van der Waals surface area contributed by atoms with Gasteiger partial charge in [0.2, 0.25) is 0 Å². The van der Waals surface area contributed by atoms with Crippen molar-refractivity contribution < 1.29 is 0 Å². The van der Waals surface area contributed by atoms with Crippen LogP contribution in [0, 0.1) is 0 Å². The van der Waals surface area contributed by atoms with Gasteiger partial charge in [-0.15, -0.1) is 0 Å². The highest BCUT2D eigenvalue weighted by Gasteiger charge is 1.88. The summed E-state index contributed by atoms with van der Waals surface area (Å²) in [5.41, 5.74) is 0. The Morgan fingerprint density at radius 3 is 3.38 bits per heavy atom. The Bertz CT molecular complexity index is 68.6. The average Bonchev–Trinajstić information content (AvgIpc) is 1.62. The summed E-state index contributed by atoms with van der Waals surface area (Å²) in [7, 11) is 0. The molecule has 0 spiro atoms. The smallest absolute Gasteiger partial charge is 0.0880 e. The van der Waals surface area contributed by atoms with Crippen LogP contribution < -0.4 is 5.32 Å². The summed E-state index contributed by atoms with van der Waals surface area (Å²) in [6.45, 7) is 1.96. The van der Waals surface area contributed by atoms with Crippen LogP contribution in [0.3, 0.4) is 0 Å². The maximum atomic E-state index is 4.09. The minimum atomic E-state index is 0.819. The van der Waals surface area contributed by atoms with Gasteiger partial charge in [0.1, 0.15) is 0 Å². The van der Waals surface area contributed by atoms with E-state index in [1.54, 1.807) is 0 Å². The Morgan fingerprint density at radius 2 is 2.38 bits per heavy atom. The summed E-state index contributed by atoms with van der Waals surface area (Å²) in [6, 6.07) is 0. The standard InChI is InChI=1S/C6H12N2/c1-2-4-7-6-8-5-3-1/h4,8H,1-3,5-6H2/b7-4-. The van der Waals surface area contributed by atoms with Crippen LogP contribution in [-0.4, -0.2) is 19.4 Å². The summed E-state index contributed by atoms with van der Waals surface area (Å²) in [5, 5.41) is 3.19. The Morgan fingerprint density at radius 1 is 1.38 bits per heavy atom. The fourth-order valence-electron chi connectivity index (χ4n) is 0.785. The highest BCUT2D eigenvalue weighted by Crippen LogP contribution is 1.92. The lowest BCUT2D eigenvalue weighted by atomic mass is 10.2. The van der Waals surface area contributed by atoms with Crippen LogP contribution in [0.1, 0.15) is 19.3 Å². The van der Waals surface area contributed by atoms with Crippen molar-refractivity contribution in [3.05, 3.63) is 0 Å². The topological polar surface area (TPSA) is 24.4 Å². The van der Waals surface area contributed by atoms with Crippen molar-refractivity contribution >= 4 is 6.21 Å². The monoisotopic (exact) mass is 112 g/mol. The molecule has 46 valence electrons. The molecular formula is C6H12N2. The summed E-state index contributed by atoms with van der Waals surface area (Å²) in [6.07, 6.45) is 5.76. The van der Waals surface area contributed by atoms with Crippen LogP contribution in [0.15, 0.2) is 4.99 Å². The van der Waals surface area contributed by atoms with Gasteiger partial charge in [-0.25, -0.2) is 0 Å². The summed E-state index contributed by atoms with van der Waals surface area (Å²) in [5.74, 6) is 0. The van der Waals surface area contributed by atoms with E-state index in [2.05, 4.69) is 10.3 Å². The molecule has 0 aromatic heterocycles. The van der Waals surface area contributed by atoms with E-state index in [0.29, 0.717) is 0 Å². The van der Waals surface area contributed by atoms with Gasteiger partial charge >= 0.3 is 0 Å². The van der Waals surface area contributed by atoms with Gasteiger partial charge in [0.05, 0.1) is 6.67 Å². The van der Waals surface area contributed by atoms with Crippen molar-refractivity contribution in [2.24, 2.45) is 4.99 Å². The van der Waals surface area contributed by atoms with Gasteiger partial charge in [0.15, 0.2) is 0 Å². The molecule has 1 heterocycles. The molecule has 0 fully saturated rings. The van der Waals surface area contributed by atoms with Crippen LogP contribution in [-0.2, 0) is 0 Å². The SMILES string of the molecule is C1=N\CNCCCC/1. The fraction of sp³-hybridized carbons (Fsp3) is 0.833. The zero-order valence-corrected chi connectivity index (χ0v) is 5.06. The first kappa shape index (κ1) is 5.76. The lowest BCUT2D eigenvalue weighted by Gasteiger charge is -2.02. The molecule has 0 radical (unpaired) electrons. The van der Waals surface area contributed by atoms with Gasteiger partial charge < -0.3 is 0 Å². The molecule has 2 heteroatoms. The number of rotatable bonds is 0. The van der Waals surface area contributed by atoms with E-state index in [1.165, 1.54) is 19.3 Å². The van der Waals surface area contributed by atoms with Gasteiger partial charge in [0.25, 0.3) is 0 Å². The Labute approximate surface area is 50.0 Å². The number of hydrogen-bond acceptors (Lipinski definition) is 2. The van der Waals surface area contributed by atoms with Crippen LogP contribution in [0.4, 0.5) is 0 Å². The molecule has 0 aliphatic carbocycles. The predicted octanol–water partition coefficient (Wildman–Crippen LogP) is 0.788. The molecule has 0 saturated heterocycles. The third kappa shape index (κ3) is 2.07. The Kier molecular flexibility index (Phi) is 2.60. The van der Waals surface area contributed by atoms with Crippen LogP contribution in [0.5, 0.6) is 0 Å². The van der Waals surface area contributed by atoms with Crippen molar-refractivity contribution in [3.8, 4) is 0 Å². The Hall–Kier alpha value is -0.370. The molecule has 0 aromatic carbocycles. The van der Waals surface area contributed by atoms with Crippen molar-refractivity contribution in [1.29, 1.82) is 0 Å². The van der Waals surface area contributed by atoms with E-state index >= 15 is 0 Å². The molecule has 1 N–H and O–H groups in total. The zero-order chi connectivity index (χ0) is 5.66. The molecule has 1 rings (SSSR count). The van der Waals surface area contributed by atoms with E-state index < -0.39 is 0 Å². The van der Waals surface area contributed by atoms with Crippen molar-refractivity contribution in [2.45, 2.75) is 19.3 Å². The van der Waals surface area contributed by atoms with Crippen LogP contribution >= 0.6 is 0 Å². The third-order valence-corrected chi connectivity index (χ3v) is 1.27. The second kappa shape index (κ2) is 3.61. The summed E-state index contributed by atoms with van der Waals surface area (Å²) < 4.78 is 0. The van der Waals surface area contributed by atoms with Gasteiger partial charge in [-0.3, -0.25) is 10.3 Å². The molecule has 0 amide bonds. The predicted molar refractivity (Wildman–Crippen MR) is 35.2 cm³/mol. The van der Waals surface area contributed by atoms with E-state index in [9.17, 15) is 0 Å². The molecule has 1 aliphatic heterocycles. The van der Waals surface area contributed by atoms with Crippen LogP contribution in [0.25, 0.3) is 0 Å². The molecule has 1 aliphatic rings. The highest BCUT2D eigenvalue weighted by atomic mass is 15.0. The Balaban J connectivity index is 2.17. The first-order valence-corrected chi connectivity index (χ1v) is 3.19. The van der Waals surface area contributed by atoms with Gasteiger partial charge in [-0.05, 0) is 25.8 Å². The normalized spacial score (nSPS) is 26.0. The van der Waals surface area contributed by atoms with Crippen molar-refractivity contribution in [1.82, 2.24) is 5.32 Å². The van der Waals surface area contributed by atoms with E-state index in [0.717, 1.165) is 13.2 Å². The fourth-order valence-corrected chi connectivity index (χ4v) is 0.785. The molecule has 8 heavy (non-hydrogen) atoms. The molecule has 0 saturated carbocycles. The maximum Gasteiger partial charge on any atom is 0.0880 e. The second-order valence-electron chi connectivity index (χ2n) is 2.02. The number of aliphatic imine (C=N–C) groups is 1. The quantitative estimate of drug-likeness (QED) is 0.492. The van der Waals surface area contributed by atoms with Gasteiger partial charge in [-0.1, -0.05) is 0 Å². The van der Waals surface area contributed by atoms with Crippen LogP contribution in [0.2, 0.25) is 0 Å². The lowest BCUT2D eigenvalue weighted by molar-refractivity contribution is 0.631. The second-order valence-corrected chi connectivity index (χ2v) is 2.02. The number of hydrogen-bond donors (Lipinski definition) is 1. The molecular weight excluding hydrogens is 100 g/mol. The van der Waals surface area contributed by atoms with Gasteiger partial charge in [0, 0.05) is 6.21 Å².